The molecule has 1 aliphatic rings. The zero-order valence-corrected chi connectivity index (χ0v) is 16.7. The topological polar surface area (TPSA) is 72.6 Å². The molecule has 1 atom stereocenters. The lowest BCUT2D eigenvalue weighted by molar-refractivity contribution is -0.0239. The van der Waals surface area contributed by atoms with Gasteiger partial charge < -0.3 is 9.64 Å². The predicted molar refractivity (Wildman–Crippen MR) is 110 cm³/mol. The molecule has 0 aromatic carbocycles. The number of carbonyl (C=O) groups is 1. The Morgan fingerprint density at radius 3 is 2.83 bits per heavy atom. The van der Waals surface area contributed by atoms with E-state index in [4.69, 9.17) is 4.74 Å². The van der Waals surface area contributed by atoms with E-state index in [1.165, 1.54) is 11.3 Å². The van der Waals surface area contributed by atoms with Gasteiger partial charge in [-0.2, -0.15) is 0 Å². The minimum Gasteiger partial charge on any atom is -0.368 e. The van der Waals surface area contributed by atoms with Gasteiger partial charge in [0.25, 0.3) is 5.91 Å². The highest BCUT2D eigenvalue weighted by Gasteiger charge is 2.30. The first-order chi connectivity index (χ1) is 14.2. The minimum absolute atomic E-state index is 0.0576. The minimum atomic E-state index is -0.294. The number of hydrogen-bond acceptors (Lipinski definition) is 6. The third-order valence-electron chi connectivity index (χ3n) is 5.17. The van der Waals surface area contributed by atoms with Crippen LogP contribution < -0.4 is 0 Å². The van der Waals surface area contributed by atoms with E-state index in [9.17, 15) is 4.79 Å². The van der Waals surface area contributed by atoms with Crippen LogP contribution in [-0.2, 0) is 4.74 Å². The molecule has 4 aromatic rings. The fourth-order valence-electron chi connectivity index (χ4n) is 3.59. The highest BCUT2D eigenvalue weighted by atomic mass is 32.1. The van der Waals surface area contributed by atoms with Crippen molar-refractivity contribution in [3.63, 3.8) is 0 Å². The quantitative estimate of drug-likeness (QED) is 0.523. The third kappa shape index (κ3) is 3.30. The van der Waals surface area contributed by atoms with Gasteiger partial charge in [0, 0.05) is 30.7 Å². The number of ether oxygens (including phenoxy) is 1. The summed E-state index contributed by atoms with van der Waals surface area (Å²) in [6, 6.07) is 9.93. The number of amides is 1. The predicted octanol–water partition coefficient (Wildman–Crippen LogP) is 3.37. The number of hydrogen-bond donors (Lipinski definition) is 0. The van der Waals surface area contributed by atoms with Crippen LogP contribution in [0.15, 0.2) is 54.3 Å². The number of pyridine rings is 2. The van der Waals surface area contributed by atoms with Crippen LogP contribution in [0.3, 0.4) is 0 Å². The molecule has 1 unspecified atom stereocenters. The molecule has 8 heteroatoms. The maximum absolute atomic E-state index is 12.9. The van der Waals surface area contributed by atoms with Gasteiger partial charge in [-0.15, -0.1) is 16.4 Å². The van der Waals surface area contributed by atoms with Gasteiger partial charge >= 0.3 is 0 Å². The Bertz CT molecular complexity index is 1170. The van der Waals surface area contributed by atoms with E-state index in [1.807, 2.05) is 53.7 Å². The van der Waals surface area contributed by atoms with Crippen LogP contribution in [0.1, 0.15) is 27.0 Å². The molecule has 1 fully saturated rings. The summed E-state index contributed by atoms with van der Waals surface area (Å²) in [5.74, 6) is 0.0576. The van der Waals surface area contributed by atoms with Crippen molar-refractivity contribution in [1.29, 1.82) is 0 Å². The summed E-state index contributed by atoms with van der Waals surface area (Å²) in [6.45, 7) is 3.50. The van der Waals surface area contributed by atoms with Crippen molar-refractivity contribution >= 4 is 22.8 Å². The van der Waals surface area contributed by atoms with Gasteiger partial charge in [-0.1, -0.05) is 11.3 Å². The van der Waals surface area contributed by atoms with Crippen molar-refractivity contribution in [3.8, 4) is 11.1 Å². The van der Waals surface area contributed by atoms with Crippen molar-refractivity contribution in [2.45, 2.75) is 13.0 Å². The smallest absolute Gasteiger partial charge is 0.264 e. The molecule has 0 N–H and O–H groups in total. The van der Waals surface area contributed by atoms with E-state index >= 15 is 0 Å². The van der Waals surface area contributed by atoms with Gasteiger partial charge in [0.15, 0.2) is 0 Å². The first kappa shape index (κ1) is 18.0. The first-order valence-electron chi connectivity index (χ1n) is 9.41. The SMILES string of the molecule is Cc1ccsc1C(=O)N1CCOC(c2nnn3cc(-c4ccncc4)ccc23)C1. The van der Waals surface area contributed by atoms with E-state index in [2.05, 4.69) is 15.3 Å². The average molecular weight is 405 g/mol. The summed E-state index contributed by atoms with van der Waals surface area (Å²) >= 11 is 1.48. The van der Waals surface area contributed by atoms with Gasteiger partial charge in [0.05, 0.1) is 23.5 Å². The summed E-state index contributed by atoms with van der Waals surface area (Å²) in [5, 5.41) is 10.6. The number of nitrogens with zero attached hydrogens (tertiary/aromatic N) is 5. The fourth-order valence-corrected chi connectivity index (χ4v) is 4.48. The lowest BCUT2D eigenvalue weighted by Gasteiger charge is -2.32. The van der Waals surface area contributed by atoms with Crippen molar-refractivity contribution in [1.82, 2.24) is 24.7 Å². The second-order valence-corrected chi connectivity index (χ2v) is 7.92. The molecule has 146 valence electrons. The number of aryl methyl sites for hydroxylation is 1. The number of morpholine rings is 1. The highest BCUT2D eigenvalue weighted by molar-refractivity contribution is 7.12. The second kappa shape index (κ2) is 7.38. The van der Waals surface area contributed by atoms with Gasteiger partial charge in [-0.25, -0.2) is 4.52 Å². The summed E-state index contributed by atoms with van der Waals surface area (Å²) in [6.07, 6.45) is 5.19. The maximum atomic E-state index is 12.9. The molecule has 5 rings (SSSR count). The summed E-state index contributed by atoms with van der Waals surface area (Å²) in [5.41, 5.74) is 4.75. The first-order valence-corrected chi connectivity index (χ1v) is 10.3. The fraction of sp³-hybridized carbons (Fsp3) is 0.238. The Kier molecular flexibility index (Phi) is 4.57. The van der Waals surface area contributed by atoms with E-state index in [0.717, 1.165) is 32.8 Å². The summed E-state index contributed by atoms with van der Waals surface area (Å²) in [4.78, 5) is 19.6. The van der Waals surface area contributed by atoms with Crippen LogP contribution in [0.5, 0.6) is 0 Å². The molecular formula is C21H19N5O2S. The van der Waals surface area contributed by atoms with E-state index < -0.39 is 0 Å². The Balaban J connectivity index is 1.42. The second-order valence-electron chi connectivity index (χ2n) is 7.00. The number of thiophene rings is 1. The van der Waals surface area contributed by atoms with Crippen LogP contribution in [0.25, 0.3) is 16.6 Å². The van der Waals surface area contributed by atoms with Crippen molar-refractivity contribution in [2.24, 2.45) is 0 Å². The lowest BCUT2D eigenvalue weighted by atomic mass is 10.1. The molecule has 1 amide bonds. The molecule has 0 radical (unpaired) electrons. The normalized spacial score (nSPS) is 17.0. The summed E-state index contributed by atoms with van der Waals surface area (Å²) < 4.78 is 7.72. The zero-order chi connectivity index (χ0) is 19.8. The van der Waals surface area contributed by atoms with E-state index in [0.29, 0.717) is 19.7 Å². The van der Waals surface area contributed by atoms with Gasteiger partial charge in [0.2, 0.25) is 0 Å². The van der Waals surface area contributed by atoms with Crippen molar-refractivity contribution in [3.05, 3.63) is 70.4 Å². The Morgan fingerprint density at radius 2 is 2.03 bits per heavy atom. The molecular weight excluding hydrogens is 386 g/mol. The van der Waals surface area contributed by atoms with Crippen molar-refractivity contribution in [2.75, 3.05) is 19.7 Å². The van der Waals surface area contributed by atoms with E-state index in [-0.39, 0.29) is 12.0 Å². The third-order valence-corrected chi connectivity index (χ3v) is 6.17. The molecule has 0 saturated carbocycles. The van der Waals surface area contributed by atoms with Gasteiger partial charge in [-0.3, -0.25) is 9.78 Å². The highest BCUT2D eigenvalue weighted by Crippen LogP contribution is 2.28. The monoisotopic (exact) mass is 405 g/mol. The summed E-state index contributed by atoms with van der Waals surface area (Å²) in [7, 11) is 0. The number of rotatable bonds is 3. The van der Waals surface area contributed by atoms with Crippen LogP contribution in [-0.4, -0.2) is 50.3 Å². The zero-order valence-electron chi connectivity index (χ0n) is 15.9. The molecule has 1 aliphatic heterocycles. The maximum Gasteiger partial charge on any atom is 0.264 e. The van der Waals surface area contributed by atoms with Gasteiger partial charge in [0.1, 0.15) is 11.8 Å². The molecule has 7 nitrogen and oxygen atoms in total. The molecule has 0 bridgehead atoms. The Morgan fingerprint density at radius 1 is 1.17 bits per heavy atom. The van der Waals surface area contributed by atoms with Crippen LogP contribution in [0.2, 0.25) is 0 Å². The average Bonchev–Trinajstić information content (AvgIpc) is 3.39. The molecule has 0 spiro atoms. The molecule has 4 aromatic heterocycles. The van der Waals surface area contributed by atoms with Crippen LogP contribution >= 0.6 is 11.3 Å². The lowest BCUT2D eigenvalue weighted by Crippen LogP contribution is -2.42. The number of carbonyl (C=O) groups excluding carboxylic acids is 1. The molecule has 0 aliphatic carbocycles. The van der Waals surface area contributed by atoms with Crippen molar-refractivity contribution < 1.29 is 9.53 Å². The largest absolute Gasteiger partial charge is 0.368 e. The number of fused-ring (bicyclic) bond motifs is 1. The standard InChI is InChI=1S/C21H19N5O2S/c1-14-6-11-29-20(14)21(27)25-9-10-28-18(13-25)19-17-3-2-16(12-26(17)24-23-19)15-4-7-22-8-5-15/h2-8,11-12,18H,9-10,13H2,1H3. The van der Waals surface area contributed by atoms with Crippen LogP contribution in [0.4, 0.5) is 0 Å². The molecule has 1 saturated heterocycles. The van der Waals surface area contributed by atoms with E-state index in [1.54, 1.807) is 16.9 Å². The van der Waals surface area contributed by atoms with Gasteiger partial charge in [-0.05, 0) is 47.7 Å². The molecule has 29 heavy (non-hydrogen) atoms. The Labute approximate surface area is 171 Å². The van der Waals surface area contributed by atoms with Crippen LogP contribution in [0, 0.1) is 6.92 Å². The number of aromatic nitrogens is 4. The molecule has 5 heterocycles. The Hall–Kier alpha value is -3.10.